The van der Waals surface area contributed by atoms with Crippen molar-refractivity contribution >= 4 is 10.8 Å². The fourth-order valence-electron chi connectivity index (χ4n) is 4.14. The van der Waals surface area contributed by atoms with E-state index in [0.717, 1.165) is 38.8 Å². The van der Waals surface area contributed by atoms with Gasteiger partial charge in [0.05, 0.1) is 0 Å². The first-order valence-corrected chi connectivity index (χ1v) is 8.07. The van der Waals surface area contributed by atoms with Gasteiger partial charge in [0, 0.05) is 12.5 Å². The van der Waals surface area contributed by atoms with E-state index in [-0.39, 0.29) is 5.82 Å². The summed E-state index contributed by atoms with van der Waals surface area (Å²) in [6.45, 7) is 3.88. The number of methoxy groups -OCH3 is 1. The highest BCUT2D eigenvalue weighted by atomic mass is 19.1. The molecule has 1 aliphatic rings. The van der Waals surface area contributed by atoms with Crippen LogP contribution in [-0.4, -0.2) is 12.2 Å². The van der Waals surface area contributed by atoms with E-state index in [0.29, 0.717) is 5.39 Å². The number of halogens is 1. The second-order valence-electron chi connectivity index (χ2n) is 6.39. The molecule has 0 bridgehead atoms. The molecule has 0 amide bonds. The Morgan fingerprint density at radius 1 is 1.00 bits per heavy atom. The molecule has 2 nitrogen and oxygen atoms in total. The van der Waals surface area contributed by atoms with E-state index in [1.807, 2.05) is 44.2 Å². The first-order valence-electron chi connectivity index (χ1n) is 8.07. The van der Waals surface area contributed by atoms with Crippen molar-refractivity contribution in [3.8, 4) is 11.1 Å². The maximum atomic E-state index is 14.5. The molecule has 3 heteroatoms. The van der Waals surface area contributed by atoms with Gasteiger partial charge in [-0.15, -0.1) is 0 Å². The fourth-order valence-corrected chi connectivity index (χ4v) is 4.14. The molecule has 0 saturated heterocycles. The number of aliphatic hydroxyl groups is 1. The number of hydrogen-bond donors (Lipinski definition) is 1. The molecule has 24 heavy (non-hydrogen) atoms. The zero-order valence-electron chi connectivity index (χ0n) is 13.9. The van der Waals surface area contributed by atoms with Crippen molar-refractivity contribution < 1.29 is 14.2 Å². The van der Waals surface area contributed by atoms with E-state index < -0.39 is 12.2 Å². The van der Waals surface area contributed by atoms with Crippen LogP contribution in [0.25, 0.3) is 21.9 Å². The molecule has 2 atom stereocenters. The number of rotatable bonds is 1. The number of benzene rings is 3. The van der Waals surface area contributed by atoms with Crippen LogP contribution >= 0.6 is 0 Å². The van der Waals surface area contributed by atoms with Crippen molar-refractivity contribution in [1.29, 1.82) is 0 Å². The number of fused-ring (bicyclic) bond motifs is 4. The van der Waals surface area contributed by atoms with Crippen LogP contribution in [0.1, 0.15) is 34.5 Å². The van der Waals surface area contributed by atoms with Crippen LogP contribution in [0.2, 0.25) is 0 Å². The second-order valence-corrected chi connectivity index (χ2v) is 6.39. The van der Waals surface area contributed by atoms with E-state index in [2.05, 4.69) is 0 Å². The smallest absolute Gasteiger partial charge is 0.131 e. The lowest BCUT2D eigenvalue weighted by molar-refractivity contribution is -0.0164. The van der Waals surface area contributed by atoms with E-state index >= 15 is 0 Å². The molecule has 0 fully saturated rings. The summed E-state index contributed by atoms with van der Waals surface area (Å²) in [5.41, 5.74) is 5.58. The Hall–Kier alpha value is -2.23. The van der Waals surface area contributed by atoms with Crippen molar-refractivity contribution in [2.24, 2.45) is 0 Å². The van der Waals surface area contributed by atoms with Gasteiger partial charge in [0.2, 0.25) is 0 Å². The van der Waals surface area contributed by atoms with Gasteiger partial charge in [-0.1, -0.05) is 36.4 Å². The highest BCUT2D eigenvalue weighted by Gasteiger charge is 2.35. The number of aryl methyl sites for hydroxylation is 2. The summed E-state index contributed by atoms with van der Waals surface area (Å²) in [6, 6.07) is 13.1. The third-order valence-corrected chi connectivity index (χ3v) is 5.21. The molecule has 4 rings (SSSR count). The van der Waals surface area contributed by atoms with Gasteiger partial charge in [-0.25, -0.2) is 4.39 Å². The SMILES string of the molecule is COC1c2ccccc2-c2c(c(C)c3c(F)cccc3c2C)C1O. The van der Waals surface area contributed by atoms with Crippen LogP contribution < -0.4 is 0 Å². The molecule has 3 aromatic carbocycles. The van der Waals surface area contributed by atoms with Crippen LogP contribution in [0.15, 0.2) is 42.5 Å². The Labute approximate surface area is 140 Å². The third kappa shape index (κ3) is 1.89. The zero-order valence-corrected chi connectivity index (χ0v) is 13.9. The van der Waals surface area contributed by atoms with Crippen LogP contribution in [-0.2, 0) is 4.74 Å². The molecule has 0 heterocycles. The van der Waals surface area contributed by atoms with Crippen molar-refractivity contribution in [3.05, 3.63) is 70.5 Å². The summed E-state index contributed by atoms with van der Waals surface area (Å²) >= 11 is 0. The van der Waals surface area contributed by atoms with Gasteiger partial charge < -0.3 is 9.84 Å². The molecular weight excluding hydrogens is 303 g/mol. The maximum Gasteiger partial charge on any atom is 0.131 e. The first kappa shape index (κ1) is 15.3. The molecule has 0 aliphatic heterocycles. The average molecular weight is 322 g/mol. The predicted octanol–water partition coefficient (Wildman–Crippen LogP) is 5.00. The van der Waals surface area contributed by atoms with E-state index in [9.17, 15) is 9.50 Å². The Kier molecular flexibility index (Phi) is 3.44. The third-order valence-electron chi connectivity index (χ3n) is 5.21. The average Bonchev–Trinajstić information content (AvgIpc) is 2.58. The lowest BCUT2D eigenvalue weighted by atomic mass is 9.76. The van der Waals surface area contributed by atoms with E-state index in [4.69, 9.17) is 4.74 Å². The van der Waals surface area contributed by atoms with Crippen molar-refractivity contribution in [1.82, 2.24) is 0 Å². The quantitative estimate of drug-likeness (QED) is 0.683. The Balaban J connectivity index is 2.20. The molecule has 1 aliphatic carbocycles. The standard InChI is InChI=1S/C21H19FO2/c1-11-13-9-6-10-16(22)17(13)12(2)19-18(11)14-7-4-5-8-15(14)21(24-3)20(19)23/h4-10,20-21,23H,1-3H3. The highest BCUT2D eigenvalue weighted by Crippen LogP contribution is 2.50. The molecule has 1 N–H and O–H groups in total. The molecular formula is C21H19FO2. The Morgan fingerprint density at radius 2 is 1.75 bits per heavy atom. The fraction of sp³-hybridized carbons (Fsp3) is 0.238. The van der Waals surface area contributed by atoms with E-state index in [1.54, 1.807) is 13.2 Å². The maximum absolute atomic E-state index is 14.5. The summed E-state index contributed by atoms with van der Waals surface area (Å²) in [6.07, 6.45) is -1.27. The lowest BCUT2D eigenvalue weighted by Gasteiger charge is -2.34. The van der Waals surface area contributed by atoms with Gasteiger partial charge in [0.1, 0.15) is 18.0 Å². The second kappa shape index (κ2) is 5.40. The molecule has 3 aromatic rings. The Morgan fingerprint density at radius 3 is 2.50 bits per heavy atom. The van der Waals surface area contributed by atoms with Gasteiger partial charge >= 0.3 is 0 Å². The van der Waals surface area contributed by atoms with Gasteiger partial charge in [-0.05, 0) is 58.7 Å². The summed E-state index contributed by atoms with van der Waals surface area (Å²) in [5.74, 6) is -0.254. The minimum atomic E-state index is -0.817. The zero-order chi connectivity index (χ0) is 17.0. The van der Waals surface area contributed by atoms with Gasteiger partial charge in [0.15, 0.2) is 0 Å². The molecule has 0 radical (unpaired) electrons. The van der Waals surface area contributed by atoms with Gasteiger partial charge in [0.25, 0.3) is 0 Å². The topological polar surface area (TPSA) is 29.5 Å². The van der Waals surface area contributed by atoms with Gasteiger partial charge in [-0.2, -0.15) is 0 Å². The lowest BCUT2D eigenvalue weighted by Crippen LogP contribution is -2.21. The summed E-state index contributed by atoms with van der Waals surface area (Å²) in [5, 5.41) is 12.5. The summed E-state index contributed by atoms with van der Waals surface area (Å²) < 4.78 is 20.1. The van der Waals surface area contributed by atoms with Crippen molar-refractivity contribution in [3.63, 3.8) is 0 Å². The molecule has 0 spiro atoms. The number of aliphatic hydroxyl groups excluding tert-OH is 1. The molecule has 0 aromatic heterocycles. The first-order chi connectivity index (χ1) is 11.6. The van der Waals surface area contributed by atoms with E-state index in [1.165, 1.54) is 6.07 Å². The summed E-state index contributed by atoms with van der Waals surface area (Å²) in [7, 11) is 1.60. The predicted molar refractivity (Wildman–Crippen MR) is 93.5 cm³/mol. The van der Waals surface area contributed by atoms with Gasteiger partial charge in [-0.3, -0.25) is 0 Å². The Bertz CT molecular complexity index is 962. The van der Waals surface area contributed by atoms with Crippen molar-refractivity contribution in [2.75, 3.05) is 7.11 Å². The van der Waals surface area contributed by atoms with Crippen molar-refractivity contribution in [2.45, 2.75) is 26.1 Å². The van der Waals surface area contributed by atoms with Crippen LogP contribution in [0.3, 0.4) is 0 Å². The summed E-state index contributed by atoms with van der Waals surface area (Å²) in [4.78, 5) is 0. The van der Waals surface area contributed by atoms with Crippen LogP contribution in [0.5, 0.6) is 0 Å². The molecule has 2 unspecified atom stereocenters. The van der Waals surface area contributed by atoms with Crippen LogP contribution in [0, 0.1) is 19.7 Å². The van der Waals surface area contributed by atoms with Crippen LogP contribution in [0.4, 0.5) is 4.39 Å². The number of hydrogen-bond acceptors (Lipinski definition) is 2. The highest BCUT2D eigenvalue weighted by molar-refractivity contribution is 5.97. The monoisotopic (exact) mass is 322 g/mol. The minimum absolute atomic E-state index is 0.254. The molecule has 0 saturated carbocycles. The minimum Gasteiger partial charge on any atom is -0.385 e. The largest absolute Gasteiger partial charge is 0.385 e. The normalized spacial score (nSPS) is 19.2. The number of ether oxygens (including phenoxy) is 1. The molecule has 122 valence electrons.